The van der Waals surface area contributed by atoms with Crippen molar-refractivity contribution in [3.63, 3.8) is 0 Å². The molecule has 7 unspecified atom stereocenters. The minimum Gasteiger partial charge on any atom is -0.0848 e. The molecule has 0 heterocycles. The smallest absolute Gasteiger partial charge is 0.0146 e. The second-order valence-electron chi connectivity index (χ2n) is 19.2. The fraction of sp³-hybridized carbons (Fsp3) is 0.905. The number of rotatable bonds is 7. The van der Waals surface area contributed by atoms with Crippen molar-refractivity contribution in [2.24, 2.45) is 75.4 Å². The van der Waals surface area contributed by atoms with E-state index in [1.807, 2.05) is 0 Å². The van der Waals surface area contributed by atoms with E-state index >= 15 is 0 Å². The van der Waals surface area contributed by atoms with Gasteiger partial charge in [0, 0.05) is 0 Å². The molecule has 9 aliphatic carbocycles. The Hall–Kier alpha value is -0.520. The topological polar surface area (TPSA) is 0 Å². The van der Waals surface area contributed by atoms with Gasteiger partial charge < -0.3 is 0 Å². The van der Waals surface area contributed by atoms with Crippen LogP contribution < -0.4 is 0 Å². The van der Waals surface area contributed by atoms with Gasteiger partial charge in [0.25, 0.3) is 0 Å². The monoisotopic (exact) mass is 579 g/mol. The van der Waals surface area contributed by atoms with Crippen LogP contribution >= 0.6 is 0 Å². The minimum absolute atomic E-state index is 0.626. The molecule has 242 valence electrons. The van der Waals surface area contributed by atoms with E-state index in [-0.39, 0.29) is 0 Å². The zero-order valence-corrected chi connectivity index (χ0v) is 30.6. The zero-order valence-electron chi connectivity index (χ0n) is 30.6. The van der Waals surface area contributed by atoms with E-state index in [2.05, 4.69) is 95.2 Å². The van der Waals surface area contributed by atoms with Crippen molar-refractivity contribution >= 4 is 0 Å². The molecule has 0 radical (unpaired) electrons. The second-order valence-corrected chi connectivity index (χ2v) is 19.2. The van der Waals surface area contributed by atoms with Gasteiger partial charge in [0.1, 0.15) is 0 Å². The maximum atomic E-state index is 2.55. The van der Waals surface area contributed by atoms with Gasteiger partial charge in [0.05, 0.1) is 0 Å². The fourth-order valence-electron chi connectivity index (χ4n) is 10.4. The first-order valence-corrected chi connectivity index (χ1v) is 18.9. The lowest BCUT2D eigenvalue weighted by Crippen LogP contribution is -2.52. The highest BCUT2D eigenvalue weighted by atomic mass is 14.6. The highest BCUT2D eigenvalue weighted by Crippen LogP contribution is 2.63. The summed E-state index contributed by atoms with van der Waals surface area (Å²) in [5.74, 6) is 9.68. The van der Waals surface area contributed by atoms with Gasteiger partial charge in [-0.05, 0) is 152 Å². The average molecular weight is 579 g/mol. The van der Waals surface area contributed by atoms with Gasteiger partial charge >= 0.3 is 0 Å². The third-order valence-electron chi connectivity index (χ3n) is 14.2. The molecule has 9 saturated carbocycles. The molecule has 6 bridgehead atoms. The summed E-state index contributed by atoms with van der Waals surface area (Å²) in [6.45, 7) is 28.9. The molecule has 9 aliphatic rings. The normalized spacial score (nSPS) is 38.1. The Labute approximate surface area is 264 Å². The molecule has 0 aromatic rings. The standard InChI is InChI=1S/C14H26.2C14H24/c3*1-10(2)5-6-11-7-8-12-9-13(11)14(12,3)4/h10-13H,5-9H2,1-4H3;2*6,10,12-13H,5,7-9H2,1-4H3/b;11-6+;11-6-. The number of hydrogen-bond acceptors (Lipinski definition) is 0. The molecule has 0 spiro atoms. The van der Waals surface area contributed by atoms with E-state index in [9.17, 15) is 0 Å². The molecule has 9 fully saturated rings. The van der Waals surface area contributed by atoms with Crippen LogP contribution in [-0.2, 0) is 0 Å². The van der Waals surface area contributed by atoms with Crippen LogP contribution in [0.5, 0.6) is 0 Å². The van der Waals surface area contributed by atoms with Crippen LogP contribution in [0, 0.1) is 75.4 Å². The summed E-state index contributed by atoms with van der Waals surface area (Å²) in [6.07, 6.45) is 23.9. The first-order valence-electron chi connectivity index (χ1n) is 18.9. The summed E-state index contributed by atoms with van der Waals surface area (Å²) in [5.41, 5.74) is 5.51. The molecule has 9 rings (SSSR count). The number of fused-ring (bicyclic) bond motifs is 6. The molecule has 0 saturated heterocycles. The average Bonchev–Trinajstić information content (AvgIpc) is 2.94. The lowest BCUT2D eigenvalue weighted by Gasteiger charge is -2.60. The molecular weight excluding hydrogens is 504 g/mol. The van der Waals surface area contributed by atoms with Crippen molar-refractivity contribution < 1.29 is 0 Å². The van der Waals surface area contributed by atoms with Crippen LogP contribution in [-0.4, -0.2) is 0 Å². The quantitative estimate of drug-likeness (QED) is 0.264. The zero-order chi connectivity index (χ0) is 31.0. The van der Waals surface area contributed by atoms with Crippen LogP contribution in [0.2, 0.25) is 0 Å². The molecule has 0 aliphatic heterocycles. The summed E-state index contributed by atoms with van der Waals surface area (Å²) in [4.78, 5) is 0. The van der Waals surface area contributed by atoms with E-state index < -0.39 is 0 Å². The van der Waals surface area contributed by atoms with E-state index in [1.54, 1.807) is 17.6 Å². The lowest BCUT2D eigenvalue weighted by molar-refractivity contribution is -0.107. The molecule has 7 atom stereocenters. The Balaban J connectivity index is 0.000000145. The van der Waals surface area contributed by atoms with Gasteiger partial charge in [-0.1, -0.05) is 113 Å². The van der Waals surface area contributed by atoms with Crippen LogP contribution in [0.15, 0.2) is 23.3 Å². The largest absolute Gasteiger partial charge is 0.0848 e. The third-order valence-corrected chi connectivity index (χ3v) is 14.2. The van der Waals surface area contributed by atoms with Gasteiger partial charge in [-0.3, -0.25) is 0 Å². The van der Waals surface area contributed by atoms with Crippen molar-refractivity contribution in [1.82, 2.24) is 0 Å². The molecule has 0 N–H and O–H groups in total. The third kappa shape index (κ3) is 7.30. The molecule has 42 heavy (non-hydrogen) atoms. The summed E-state index contributed by atoms with van der Waals surface area (Å²) >= 11 is 0. The molecule has 0 aromatic heterocycles. The molecule has 0 heteroatoms. The predicted molar refractivity (Wildman–Crippen MR) is 186 cm³/mol. The Morgan fingerprint density at radius 2 is 1.02 bits per heavy atom. The second kappa shape index (κ2) is 13.5. The predicted octanol–water partition coefficient (Wildman–Crippen LogP) is 13.3. The van der Waals surface area contributed by atoms with Crippen LogP contribution in [0.25, 0.3) is 0 Å². The van der Waals surface area contributed by atoms with Gasteiger partial charge in [-0.25, -0.2) is 0 Å². The first-order chi connectivity index (χ1) is 19.5. The highest BCUT2D eigenvalue weighted by molar-refractivity contribution is 5.22. The van der Waals surface area contributed by atoms with E-state index in [0.29, 0.717) is 16.2 Å². The summed E-state index contributed by atoms with van der Waals surface area (Å²) < 4.78 is 0. The minimum atomic E-state index is 0.626. The summed E-state index contributed by atoms with van der Waals surface area (Å²) in [7, 11) is 0. The van der Waals surface area contributed by atoms with Crippen molar-refractivity contribution in [3.05, 3.63) is 23.3 Å². The highest BCUT2D eigenvalue weighted by Gasteiger charge is 2.54. The molecule has 0 aromatic carbocycles. The maximum Gasteiger partial charge on any atom is -0.0146 e. The fourth-order valence-corrected chi connectivity index (χ4v) is 10.4. The molecule has 0 amide bonds. The SMILES string of the molecule is CC(C)C/C=C1/CCC2CC1C2(C)C.CC(C)C/C=C1\CCC2CC1C2(C)C.CC(C)CCC1CCC2CC1C2(C)C. The van der Waals surface area contributed by atoms with Crippen LogP contribution in [0.1, 0.15) is 167 Å². The summed E-state index contributed by atoms with van der Waals surface area (Å²) in [6, 6.07) is 0. The Bertz CT molecular complexity index is 875. The number of hydrogen-bond donors (Lipinski definition) is 0. The van der Waals surface area contributed by atoms with Crippen LogP contribution in [0.3, 0.4) is 0 Å². The Morgan fingerprint density at radius 1 is 0.571 bits per heavy atom. The van der Waals surface area contributed by atoms with Gasteiger partial charge in [0.15, 0.2) is 0 Å². The lowest BCUT2D eigenvalue weighted by atomic mass is 9.45. The van der Waals surface area contributed by atoms with E-state index in [0.717, 1.165) is 59.2 Å². The van der Waals surface area contributed by atoms with Crippen molar-refractivity contribution in [2.45, 2.75) is 167 Å². The van der Waals surface area contributed by atoms with Crippen molar-refractivity contribution in [3.8, 4) is 0 Å². The van der Waals surface area contributed by atoms with Gasteiger partial charge in [0.2, 0.25) is 0 Å². The molecule has 0 nitrogen and oxygen atoms in total. The van der Waals surface area contributed by atoms with E-state index in [4.69, 9.17) is 0 Å². The molecular formula is C42H74. The summed E-state index contributed by atoms with van der Waals surface area (Å²) in [5, 5.41) is 0. The number of allylic oxidation sites excluding steroid dienone is 4. The van der Waals surface area contributed by atoms with Crippen molar-refractivity contribution in [2.75, 3.05) is 0 Å². The Kier molecular flexibility index (Phi) is 11.0. The van der Waals surface area contributed by atoms with Crippen LogP contribution in [0.4, 0.5) is 0 Å². The first kappa shape index (κ1) is 34.4. The Morgan fingerprint density at radius 3 is 1.36 bits per heavy atom. The van der Waals surface area contributed by atoms with E-state index in [1.165, 1.54) is 77.0 Å². The van der Waals surface area contributed by atoms with Crippen molar-refractivity contribution in [1.29, 1.82) is 0 Å². The van der Waals surface area contributed by atoms with Gasteiger partial charge in [-0.15, -0.1) is 0 Å². The van der Waals surface area contributed by atoms with Gasteiger partial charge in [-0.2, -0.15) is 0 Å². The maximum absolute atomic E-state index is 2.55.